The SMILES string of the molecule is C=Cc1ccnc(N2CCC3(CC2)CNC3)c1. The summed E-state index contributed by atoms with van der Waals surface area (Å²) in [5.74, 6) is 1.10. The second kappa shape index (κ2) is 4.15. The highest BCUT2D eigenvalue weighted by Crippen LogP contribution is 2.36. The third-order valence-corrected chi connectivity index (χ3v) is 4.15. The highest BCUT2D eigenvalue weighted by Gasteiger charge is 2.39. The van der Waals surface area contributed by atoms with Gasteiger partial charge in [-0.1, -0.05) is 12.7 Å². The van der Waals surface area contributed by atoms with Crippen molar-refractivity contribution in [2.45, 2.75) is 12.8 Å². The van der Waals surface area contributed by atoms with Crippen LogP contribution in [0.1, 0.15) is 18.4 Å². The highest BCUT2D eigenvalue weighted by molar-refractivity contribution is 5.53. The fourth-order valence-electron chi connectivity index (χ4n) is 2.78. The van der Waals surface area contributed by atoms with Crippen LogP contribution in [0.3, 0.4) is 0 Å². The van der Waals surface area contributed by atoms with Gasteiger partial charge in [0.25, 0.3) is 0 Å². The van der Waals surface area contributed by atoms with Gasteiger partial charge in [-0.15, -0.1) is 0 Å². The molecule has 3 heteroatoms. The van der Waals surface area contributed by atoms with E-state index in [2.05, 4.69) is 27.8 Å². The van der Waals surface area contributed by atoms with Gasteiger partial charge in [-0.2, -0.15) is 0 Å². The van der Waals surface area contributed by atoms with E-state index in [0.717, 1.165) is 24.5 Å². The zero-order valence-electron chi connectivity index (χ0n) is 10.2. The Hall–Kier alpha value is -1.35. The van der Waals surface area contributed by atoms with Crippen molar-refractivity contribution >= 4 is 11.9 Å². The molecule has 2 aliphatic rings. The molecule has 2 saturated heterocycles. The van der Waals surface area contributed by atoms with E-state index >= 15 is 0 Å². The summed E-state index contributed by atoms with van der Waals surface area (Å²) in [6.07, 6.45) is 6.34. The molecule has 0 aliphatic carbocycles. The normalized spacial score (nSPS) is 22.2. The van der Waals surface area contributed by atoms with Crippen LogP contribution in [0.5, 0.6) is 0 Å². The van der Waals surface area contributed by atoms with Gasteiger partial charge >= 0.3 is 0 Å². The molecule has 17 heavy (non-hydrogen) atoms. The molecule has 2 fully saturated rings. The summed E-state index contributed by atoms with van der Waals surface area (Å²) in [7, 11) is 0. The van der Waals surface area contributed by atoms with Crippen LogP contribution in [0.4, 0.5) is 5.82 Å². The second-order valence-electron chi connectivity index (χ2n) is 5.24. The number of rotatable bonds is 2. The van der Waals surface area contributed by atoms with Crippen molar-refractivity contribution < 1.29 is 0 Å². The lowest BCUT2D eigenvalue weighted by Crippen LogP contribution is -2.58. The van der Waals surface area contributed by atoms with Crippen molar-refractivity contribution in [1.29, 1.82) is 0 Å². The molecule has 1 aromatic heterocycles. The summed E-state index contributed by atoms with van der Waals surface area (Å²) in [5, 5.41) is 3.40. The molecule has 3 nitrogen and oxygen atoms in total. The molecule has 0 atom stereocenters. The quantitative estimate of drug-likeness (QED) is 0.839. The molecule has 90 valence electrons. The molecule has 1 spiro atoms. The molecule has 0 unspecified atom stereocenters. The van der Waals surface area contributed by atoms with Gasteiger partial charge in [-0.3, -0.25) is 0 Å². The van der Waals surface area contributed by atoms with Crippen LogP contribution in [-0.4, -0.2) is 31.2 Å². The second-order valence-corrected chi connectivity index (χ2v) is 5.24. The summed E-state index contributed by atoms with van der Waals surface area (Å²) >= 11 is 0. The van der Waals surface area contributed by atoms with Gasteiger partial charge in [0, 0.05) is 32.4 Å². The monoisotopic (exact) mass is 229 g/mol. The Balaban J connectivity index is 1.70. The summed E-state index contributed by atoms with van der Waals surface area (Å²) in [6.45, 7) is 8.50. The Morgan fingerprint density at radius 2 is 2.12 bits per heavy atom. The van der Waals surface area contributed by atoms with Gasteiger partial charge < -0.3 is 10.2 Å². The standard InChI is InChI=1S/C14H19N3/c1-2-12-3-6-16-13(9-12)17-7-4-14(5-8-17)10-15-11-14/h2-3,6,9,15H,1,4-5,7-8,10-11H2. The predicted molar refractivity (Wildman–Crippen MR) is 71.1 cm³/mol. The molecule has 2 aliphatic heterocycles. The van der Waals surface area contributed by atoms with Crippen LogP contribution in [0.2, 0.25) is 0 Å². The van der Waals surface area contributed by atoms with E-state index in [1.54, 1.807) is 0 Å². The first-order chi connectivity index (χ1) is 8.31. The van der Waals surface area contributed by atoms with Crippen LogP contribution in [0.15, 0.2) is 24.9 Å². The van der Waals surface area contributed by atoms with Crippen molar-refractivity contribution in [2.75, 3.05) is 31.1 Å². The third-order valence-electron chi connectivity index (χ3n) is 4.15. The minimum atomic E-state index is 0.604. The molecule has 1 N–H and O–H groups in total. The number of hydrogen-bond acceptors (Lipinski definition) is 3. The molecule has 0 aromatic carbocycles. The molecule has 0 saturated carbocycles. The van der Waals surface area contributed by atoms with Gasteiger partial charge in [-0.05, 0) is 36.0 Å². The van der Waals surface area contributed by atoms with E-state index in [-0.39, 0.29) is 0 Å². The van der Waals surface area contributed by atoms with E-state index in [0.29, 0.717) is 5.41 Å². The number of pyridine rings is 1. The summed E-state index contributed by atoms with van der Waals surface area (Å²) in [4.78, 5) is 6.86. The average Bonchev–Trinajstić information content (AvgIpc) is 2.37. The van der Waals surface area contributed by atoms with E-state index in [1.807, 2.05) is 18.3 Å². The predicted octanol–water partition coefficient (Wildman–Crippen LogP) is 1.91. The van der Waals surface area contributed by atoms with Crippen molar-refractivity contribution in [2.24, 2.45) is 5.41 Å². The van der Waals surface area contributed by atoms with Crippen molar-refractivity contribution in [3.63, 3.8) is 0 Å². The molecule has 0 radical (unpaired) electrons. The Morgan fingerprint density at radius 1 is 1.35 bits per heavy atom. The topological polar surface area (TPSA) is 28.2 Å². The smallest absolute Gasteiger partial charge is 0.129 e. The van der Waals surface area contributed by atoms with Gasteiger partial charge in [-0.25, -0.2) is 4.98 Å². The highest BCUT2D eigenvalue weighted by atomic mass is 15.2. The number of piperidine rings is 1. The van der Waals surface area contributed by atoms with Crippen LogP contribution in [-0.2, 0) is 0 Å². The Labute approximate surface area is 103 Å². The largest absolute Gasteiger partial charge is 0.357 e. The van der Waals surface area contributed by atoms with Gasteiger partial charge in [0.2, 0.25) is 0 Å². The van der Waals surface area contributed by atoms with Crippen LogP contribution < -0.4 is 10.2 Å². The Kier molecular flexibility index (Phi) is 2.63. The lowest BCUT2D eigenvalue weighted by atomic mass is 9.73. The zero-order valence-corrected chi connectivity index (χ0v) is 10.2. The van der Waals surface area contributed by atoms with Gasteiger partial charge in [0.1, 0.15) is 5.82 Å². The summed E-state index contributed by atoms with van der Waals surface area (Å²) in [5.41, 5.74) is 1.76. The lowest BCUT2D eigenvalue weighted by Gasteiger charge is -2.48. The van der Waals surface area contributed by atoms with Gasteiger partial charge in [0.05, 0.1) is 0 Å². The van der Waals surface area contributed by atoms with Crippen LogP contribution >= 0.6 is 0 Å². The maximum atomic E-state index is 4.47. The van der Waals surface area contributed by atoms with E-state index in [4.69, 9.17) is 0 Å². The molecule has 3 rings (SSSR count). The minimum absolute atomic E-state index is 0.604. The number of nitrogens with one attached hydrogen (secondary N) is 1. The fourth-order valence-corrected chi connectivity index (χ4v) is 2.78. The zero-order chi connectivity index (χ0) is 11.7. The first-order valence-electron chi connectivity index (χ1n) is 6.36. The van der Waals surface area contributed by atoms with Gasteiger partial charge in [0.15, 0.2) is 0 Å². The number of nitrogens with zero attached hydrogens (tertiary/aromatic N) is 2. The molecular formula is C14H19N3. The van der Waals surface area contributed by atoms with Crippen molar-refractivity contribution in [3.8, 4) is 0 Å². The maximum absolute atomic E-state index is 4.47. The molecular weight excluding hydrogens is 210 g/mol. The maximum Gasteiger partial charge on any atom is 0.129 e. The molecule has 3 heterocycles. The van der Waals surface area contributed by atoms with Crippen molar-refractivity contribution in [1.82, 2.24) is 10.3 Å². The van der Waals surface area contributed by atoms with E-state index < -0.39 is 0 Å². The number of anilines is 1. The van der Waals surface area contributed by atoms with E-state index in [1.165, 1.54) is 25.9 Å². The Bertz CT molecular complexity index is 413. The molecule has 0 amide bonds. The summed E-state index contributed by atoms with van der Waals surface area (Å²) < 4.78 is 0. The number of hydrogen-bond donors (Lipinski definition) is 1. The average molecular weight is 229 g/mol. The van der Waals surface area contributed by atoms with Crippen LogP contribution in [0, 0.1) is 5.41 Å². The molecule has 0 bridgehead atoms. The fraction of sp³-hybridized carbons (Fsp3) is 0.500. The minimum Gasteiger partial charge on any atom is -0.357 e. The first kappa shape index (κ1) is 10.8. The molecule has 1 aromatic rings. The number of aromatic nitrogens is 1. The third kappa shape index (κ3) is 1.95. The Morgan fingerprint density at radius 3 is 2.71 bits per heavy atom. The lowest BCUT2D eigenvalue weighted by molar-refractivity contribution is 0.126. The van der Waals surface area contributed by atoms with E-state index in [9.17, 15) is 0 Å². The van der Waals surface area contributed by atoms with Crippen LogP contribution in [0.25, 0.3) is 6.08 Å². The first-order valence-corrected chi connectivity index (χ1v) is 6.36. The summed E-state index contributed by atoms with van der Waals surface area (Å²) in [6, 6.07) is 4.13. The van der Waals surface area contributed by atoms with Crippen molar-refractivity contribution in [3.05, 3.63) is 30.5 Å².